The molecule has 0 N–H and O–H groups in total. The number of carbonyl (C=O) groups is 2. The number of nitrogens with zero attached hydrogens (tertiary/aromatic N) is 1. The molecular weight excluding hydrogens is 370 g/mol. The number of ether oxygens (including phenoxy) is 3. The third kappa shape index (κ3) is 2.36. The molecule has 0 amide bonds. The van der Waals surface area contributed by atoms with E-state index in [1.807, 2.05) is 6.08 Å². The fourth-order valence-corrected chi connectivity index (χ4v) is 4.24. The zero-order chi connectivity index (χ0) is 19.3. The number of halogens is 1. The fourth-order valence-electron chi connectivity index (χ4n) is 3.93. The Balaban J connectivity index is 1.93. The average Bonchev–Trinajstić information content (AvgIpc) is 3.27. The lowest BCUT2D eigenvalue weighted by Gasteiger charge is -2.36. The van der Waals surface area contributed by atoms with E-state index in [2.05, 4.69) is 4.99 Å². The van der Waals surface area contributed by atoms with Gasteiger partial charge in [0.15, 0.2) is 17.3 Å². The molecule has 1 aliphatic carbocycles. The van der Waals surface area contributed by atoms with Crippen LogP contribution in [-0.2, 0) is 9.53 Å². The largest absolute Gasteiger partial charge is 0.496 e. The highest BCUT2D eigenvalue weighted by atomic mass is 35.5. The third-order valence-corrected chi connectivity index (χ3v) is 5.68. The van der Waals surface area contributed by atoms with E-state index in [0.29, 0.717) is 22.9 Å². The molecule has 7 heteroatoms. The van der Waals surface area contributed by atoms with E-state index in [1.54, 1.807) is 19.2 Å². The van der Waals surface area contributed by atoms with Gasteiger partial charge in [0.05, 0.1) is 25.8 Å². The van der Waals surface area contributed by atoms with Crippen LogP contribution in [0.1, 0.15) is 29.3 Å². The zero-order valence-electron chi connectivity index (χ0n) is 15.2. The van der Waals surface area contributed by atoms with Crippen molar-refractivity contribution in [2.24, 2.45) is 10.9 Å². The summed E-state index contributed by atoms with van der Waals surface area (Å²) in [6.45, 7) is 2.29. The van der Waals surface area contributed by atoms with Crippen molar-refractivity contribution in [3.8, 4) is 11.5 Å². The van der Waals surface area contributed by atoms with Crippen LogP contribution in [0.25, 0.3) is 5.57 Å². The molecule has 27 heavy (non-hydrogen) atoms. The summed E-state index contributed by atoms with van der Waals surface area (Å²) >= 11 is 6.64. The van der Waals surface area contributed by atoms with Gasteiger partial charge in [0.25, 0.3) is 0 Å². The van der Waals surface area contributed by atoms with Crippen molar-refractivity contribution in [3.05, 3.63) is 40.1 Å². The molecule has 0 saturated carbocycles. The number of rotatable bonds is 3. The van der Waals surface area contributed by atoms with Gasteiger partial charge in [0.2, 0.25) is 11.4 Å². The number of benzene rings is 1. The van der Waals surface area contributed by atoms with Crippen molar-refractivity contribution in [1.29, 1.82) is 0 Å². The number of fused-ring (bicyclic) bond motifs is 1. The number of allylic oxidation sites excluding steroid dienone is 2. The smallest absolute Gasteiger partial charge is 0.231 e. The highest BCUT2D eigenvalue weighted by Gasteiger charge is 2.59. The molecule has 0 saturated heterocycles. The third-order valence-electron chi connectivity index (χ3n) is 5.30. The van der Waals surface area contributed by atoms with Crippen LogP contribution < -0.4 is 9.47 Å². The summed E-state index contributed by atoms with van der Waals surface area (Å²) < 4.78 is 17.1. The van der Waals surface area contributed by atoms with Crippen molar-refractivity contribution in [2.45, 2.75) is 18.9 Å². The SMILES string of the molecule is COC1=CC(=O)C[C@@H](C)[C@]12Oc1c(Cl)c(C3=CC=NC3)cc(OC)c1C2=O. The van der Waals surface area contributed by atoms with Gasteiger partial charge >= 0.3 is 0 Å². The van der Waals surface area contributed by atoms with E-state index in [-0.39, 0.29) is 35.1 Å². The Hall–Kier alpha value is -2.60. The number of carbonyl (C=O) groups excluding carboxylic acids is 2. The van der Waals surface area contributed by atoms with E-state index in [9.17, 15) is 9.59 Å². The van der Waals surface area contributed by atoms with Gasteiger partial charge in [-0.15, -0.1) is 0 Å². The zero-order valence-corrected chi connectivity index (χ0v) is 15.9. The molecule has 3 aliphatic rings. The Labute approximate surface area is 161 Å². The van der Waals surface area contributed by atoms with Crippen LogP contribution in [0.15, 0.2) is 29.0 Å². The molecule has 1 aromatic rings. The minimum Gasteiger partial charge on any atom is -0.496 e. The van der Waals surface area contributed by atoms with E-state index in [4.69, 9.17) is 25.8 Å². The molecule has 6 nitrogen and oxygen atoms in total. The van der Waals surface area contributed by atoms with Crippen molar-refractivity contribution in [2.75, 3.05) is 20.8 Å². The first-order chi connectivity index (χ1) is 12.9. The number of Topliss-reactive ketones (excluding diaryl/α,β-unsaturated/α-hetero) is 1. The maximum atomic E-state index is 13.5. The van der Waals surface area contributed by atoms with Gasteiger partial charge < -0.3 is 14.2 Å². The second-order valence-corrected chi connectivity index (χ2v) is 7.16. The van der Waals surface area contributed by atoms with Gasteiger partial charge in [-0.25, -0.2) is 0 Å². The lowest BCUT2D eigenvalue weighted by molar-refractivity contribution is -0.118. The molecule has 140 valence electrons. The quantitative estimate of drug-likeness (QED) is 0.795. The van der Waals surface area contributed by atoms with Gasteiger partial charge in [-0.05, 0) is 17.7 Å². The first kappa shape index (κ1) is 17.8. The molecule has 4 rings (SSSR count). The summed E-state index contributed by atoms with van der Waals surface area (Å²) in [6, 6.07) is 1.73. The van der Waals surface area contributed by atoms with E-state index < -0.39 is 11.5 Å². The minimum atomic E-state index is -1.42. The predicted octanol–water partition coefficient (Wildman–Crippen LogP) is 3.27. The Morgan fingerprint density at radius 1 is 1.30 bits per heavy atom. The highest BCUT2D eigenvalue weighted by molar-refractivity contribution is 6.35. The molecule has 0 fully saturated rings. The number of hydrogen-bond acceptors (Lipinski definition) is 6. The molecule has 0 radical (unpaired) electrons. The molecule has 1 spiro atoms. The summed E-state index contributed by atoms with van der Waals surface area (Å²) in [4.78, 5) is 29.7. The van der Waals surface area contributed by atoms with E-state index in [1.165, 1.54) is 20.3 Å². The second-order valence-electron chi connectivity index (χ2n) is 6.78. The molecule has 2 heterocycles. The van der Waals surface area contributed by atoms with Crippen LogP contribution in [-0.4, -0.2) is 44.1 Å². The first-order valence-electron chi connectivity index (χ1n) is 8.56. The van der Waals surface area contributed by atoms with Crippen LogP contribution >= 0.6 is 11.6 Å². The topological polar surface area (TPSA) is 74.2 Å². The fraction of sp³-hybridized carbons (Fsp3) is 0.350. The van der Waals surface area contributed by atoms with Gasteiger partial charge in [-0.2, -0.15) is 0 Å². The normalized spacial score (nSPS) is 26.0. The Bertz CT molecular complexity index is 962. The maximum Gasteiger partial charge on any atom is 0.231 e. The molecule has 0 bridgehead atoms. The van der Waals surface area contributed by atoms with Crippen molar-refractivity contribution >= 4 is 35.0 Å². The highest BCUT2D eigenvalue weighted by Crippen LogP contribution is 2.53. The van der Waals surface area contributed by atoms with Gasteiger partial charge in [0.1, 0.15) is 11.3 Å². The maximum absolute atomic E-state index is 13.5. The Kier molecular flexibility index (Phi) is 4.11. The van der Waals surface area contributed by atoms with Crippen LogP contribution in [0.4, 0.5) is 0 Å². The summed E-state index contributed by atoms with van der Waals surface area (Å²) in [5.41, 5.74) is 0.473. The molecule has 2 aliphatic heterocycles. The van der Waals surface area contributed by atoms with Crippen LogP contribution in [0.3, 0.4) is 0 Å². The molecular formula is C20H18ClNO5. The second kappa shape index (κ2) is 6.23. The Morgan fingerprint density at radius 2 is 2.07 bits per heavy atom. The molecule has 2 atom stereocenters. The van der Waals surface area contributed by atoms with Crippen LogP contribution in [0, 0.1) is 5.92 Å². The summed E-state index contributed by atoms with van der Waals surface area (Å²) in [7, 11) is 2.91. The standard InChI is InChI=1S/C20H18ClNO5/c1-10-6-12(23)7-15(26-3)20(10)19(24)16-14(25-2)8-13(11-4-5-22-9-11)17(21)18(16)27-20/h4-5,7-8,10H,6,9H2,1-3H3/t10-,20+/m1/s1. The lowest BCUT2D eigenvalue weighted by atomic mass is 9.75. The van der Waals surface area contributed by atoms with Gasteiger partial charge in [0, 0.05) is 30.2 Å². The first-order valence-corrected chi connectivity index (χ1v) is 8.94. The van der Waals surface area contributed by atoms with Crippen molar-refractivity contribution in [1.82, 2.24) is 0 Å². The van der Waals surface area contributed by atoms with Gasteiger partial charge in [-0.3, -0.25) is 14.6 Å². The summed E-state index contributed by atoms with van der Waals surface area (Å²) in [5.74, 6) is -0.0119. The lowest BCUT2D eigenvalue weighted by Crippen LogP contribution is -2.51. The van der Waals surface area contributed by atoms with E-state index >= 15 is 0 Å². The molecule has 0 unspecified atom stereocenters. The number of methoxy groups -OCH3 is 2. The van der Waals surface area contributed by atoms with Crippen molar-refractivity contribution < 1.29 is 23.8 Å². The minimum absolute atomic E-state index is 0.107. The van der Waals surface area contributed by atoms with Crippen LogP contribution in [0.5, 0.6) is 11.5 Å². The average molecular weight is 388 g/mol. The van der Waals surface area contributed by atoms with E-state index in [0.717, 1.165) is 5.57 Å². The number of aliphatic imine (C=N–C) groups is 1. The Morgan fingerprint density at radius 3 is 2.70 bits per heavy atom. The number of hydrogen-bond donors (Lipinski definition) is 0. The predicted molar refractivity (Wildman–Crippen MR) is 101 cm³/mol. The number of ketones is 2. The summed E-state index contributed by atoms with van der Waals surface area (Å²) in [6.07, 6.45) is 5.08. The molecule has 0 aromatic heterocycles. The van der Waals surface area contributed by atoms with Gasteiger partial charge in [-0.1, -0.05) is 18.5 Å². The molecule has 1 aromatic carbocycles. The summed E-state index contributed by atoms with van der Waals surface area (Å²) in [5, 5.41) is 0.326. The van der Waals surface area contributed by atoms with Crippen LogP contribution in [0.2, 0.25) is 5.02 Å². The monoisotopic (exact) mass is 387 g/mol. The van der Waals surface area contributed by atoms with Crippen molar-refractivity contribution in [3.63, 3.8) is 0 Å².